The summed E-state index contributed by atoms with van der Waals surface area (Å²) in [5, 5.41) is 13.0. The molecule has 1 amide bonds. The van der Waals surface area contributed by atoms with Crippen LogP contribution in [0, 0.1) is 22.5 Å². The molecule has 0 radical (unpaired) electrons. The van der Waals surface area contributed by atoms with Crippen molar-refractivity contribution in [3.05, 3.63) is 33.9 Å². The molecule has 0 aromatic heterocycles. The summed E-state index contributed by atoms with van der Waals surface area (Å²) >= 11 is 0. The SMILES string of the molecule is C#CCNC(=O)C(C)Oc1ccc([N+](=O)[O-])cc1C=O. The van der Waals surface area contributed by atoms with Gasteiger partial charge in [0.1, 0.15) is 5.75 Å². The van der Waals surface area contributed by atoms with Crippen molar-refractivity contribution in [1.29, 1.82) is 0 Å². The van der Waals surface area contributed by atoms with Crippen molar-refractivity contribution < 1.29 is 19.2 Å². The van der Waals surface area contributed by atoms with E-state index in [1.165, 1.54) is 19.1 Å². The third-order valence-corrected chi connectivity index (χ3v) is 2.37. The van der Waals surface area contributed by atoms with Gasteiger partial charge in [0.05, 0.1) is 17.0 Å². The third-order valence-electron chi connectivity index (χ3n) is 2.37. The Bertz CT molecular complexity index is 577. The van der Waals surface area contributed by atoms with Crippen molar-refractivity contribution in [3.63, 3.8) is 0 Å². The van der Waals surface area contributed by atoms with Gasteiger partial charge in [0, 0.05) is 12.1 Å². The largest absolute Gasteiger partial charge is 0.480 e. The standard InChI is InChI=1S/C13H12N2O5/c1-3-6-14-13(17)9(2)20-12-5-4-11(15(18)19)7-10(12)8-16/h1,4-5,7-9H,6H2,2H3,(H,14,17). The number of non-ortho nitro benzene ring substituents is 1. The number of hydrogen-bond donors (Lipinski definition) is 1. The Morgan fingerprint density at radius 2 is 2.35 bits per heavy atom. The van der Waals surface area contributed by atoms with Crippen molar-refractivity contribution in [2.45, 2.75) is 13.0 Å². The maximum atomic E-state index is 11.6. The number of rotatable bonds is 6. The number of ether oxygens (including phenoxy) is 1. The Labute approximate surface area is 115 Å². The number of nitro benzene ring substituents is 1. The zero-order valence-electron chi connectivity index (χ0n) is 10.7. The van der Waals surface area contributed by atoms with Gasteiger partial charge in [0.25, 0.3) is 11.6 Å². The van der Waals surface area contributed by atoms with Crippen LogP contribution in [-0.2, 0) is 4.79 Å². The van der Waals surface area contributed by atoms with Crippen LogP contribution < -0.4 is 10.1 Å². The summed E-state index contributed by atoms with van der Waals surface area (Å²) in [5.41, 5.74) is -0.236. The van der Waals surface area contributed by atoms with E-state index in [1.807, 2.05) is 0 Å². The molecule has 1 atom stereocenters. The Morgan fingerprint density at radius 3 is 2.90 bits per heavy atom. The molecule has 1 aromatic rings. The predicted molar refractivity (Wildman–Crippen MR) is 70.4 cm³/mol. The van der Waals surface area contributed by atoms with E-state index in [1.54, 1.807) is 0 Å². The van der Waals surface area contributed by atoms with Crippen molar-refractivity contribution in [2.75, 3.05) is 6.54 Å². The summed E-state index contributed by atoms with van der Waals surface area (Å²) in [4.78, 5) is 32.4. The van der Waals surface area contributed by atoms with Crippen LogP contribution in [0.1, 0.15) is 17.3 Å². The first-order chi connectivity index (χ1) is 9.49. The molecule has 0 aliphatic rings. The topological polar surface area (TPSA) is 98.5 Å². The fourth-order valence-corrected chi connectivity index (χ4v) is 1.37. The van der Waals surface area contributed by atoms with Crippen LogP contribution in [-0.4, -0.2) is 29.8 Å². The first kappa shape index (κ1) is 15.2. The fourth-order valence-electron chi connectivity index (χ4n) is 1.37. The number of aldehydes is 1. The number of nitrogens with zero attached hydrogens (tertiary/aromatic N) is 1. The van der Waals surface area contributed by atoms with E-state index in [0.29, 0.717) is 6.29 Å². The highest BCUT2D eigenvalue weighted by atomic mass is 16.6. The van der Waals surface area contributed by atoms with E-state index in [0.717, 1.165) is 6.07 Å². The lowest BCUT2D eigenvalue weighted by molar-refractivity contribution is -0.384. The number of terminal acetylenes is 1. The number of nitrogens with one attached hydrogen (secondary N) is 1. The number of carbonyl (C=O) groups excluding carboxylic acids is 2. The molecule has 0 spiro atoms. The maximum absolute atomic E-state index is 11.6. The van der Waals surface area contributed by atoms with Crippen LogP contribution in [0.4, 0.5) is 5.69 Å². The molecule has 20 heavy (non-hydrogen) atoms. The van der Waals surface area contributed by atoms with Crippen LogP contribution in [0.2, 0.25) is 0 Å². The molecular formula is C13H12N2O5. The van der Waals surface area contributed by atoms with Gasteiger partial charge < -0.3 is 10.1 Å². The molecule has 7 nitrogen and oxygen atoms in total. The average molecular weight is 276 g/mol. The smallest absolute Gasteiger partial charge is 0.270 e. The van der Waals surface area contributed by atoms with E-state index in [4.69, 9.17) is 11.2 Å². The van der Waals surface area contributed by atoms with E-state index in [2.05, 4.69) is 11.2 Å². The van der Waals surface area contributed by atoms with E-state index >= 15 is 0 Å². The molecule has 7 heteroatoms. The Balaban J connectivity index is 2.87. The highest BCUT2D eigenvalue weighted by Crippen LogP contribution is 2.23. The summed E-state index contributed by atoms with van der Waals surface area (Å²) in [6, 6.07) is 3.54. The predicted octanol–water partition coefficient (Wildman–Crippen LogP) is 0.924. The van der Waals surface area contributed by atoms with Crippen molar-refractivity contribution in [3.8, 4) is 18.1 Å². The zero-order valence-corrected chi connectivity index (χ0v) is 10.7. The molecule has 1 unspecified atom stereocenters. The summed E-state index contributed by atoms with van der Waals surface area (Å²) in [5.74, 6) is 1.89. The number of nitro groups is 1. The van der Waals surface area contributed by atoms with Crippen molar-refractivity contribution in [2.24, 2.45) is 0 Å². The van der Waals surface area contributed by atoms with E-state index in [9.17, 15) is 19.7 Å². The molecule has 0 aliphatic heterocycles. The lowest BCUT2D eigenvalue weighted by Crippen LogP contribution is -2.36. The molecule has 0 saturated carbocycles. The molecule has 0 bridgehead atoms. The molecule has 1 N–H and O–H groups in total. The second-order valence-corrected chi connectivity index (χ2v) is 3.78. The summed E-state index contributed by atoms with van der Waals surface area (Å²) in [6.07, 6.45) is 4.54. The molecule has 0 saturated heterocycles. The highest BCUT2D eigenvalue weighted by Gasteiger charge is 2.17. The lowest BCUT2D eigenvalue weighted by Gasteiger charge is -2.14. The molecular weight excluding hydrogens is 264 g/mol. The average Bonchev–Trinajstić information content (AvgIpc) is 2.44. The van der Waals surface area contributed by atoms with Crippen LogP contribution in [0.15, 0.2) is 18.2 Å². The third kappa shape index (κ3) is 3.81. The van der Waals surface area contributed by atoms with Gasteiger partial charge in [-0.15, -0.1) is 6.42 Å². The lowest BCUT2D eigenvalue weighted by atomic mass is 10.2. The van der Waals surface area contributed by atoms with Gasteiger partial charge >= 0.3 is 0 Å². The second-order valence-electron chi connectivity index (χ2n) is 3.78. The van der Waals surface area contributed by atoms with Crippen LogP contribution in [0.5, 0.6) is 5.75 Å². The molecule has 1 aromatic carbocycles. The summed E-state index contributed by atoms with van der Waals surface area (Å²) in [7, 11) is 0. The van der Waals surface area contributed by atoms with Gasteiger partial charge in [0.2, 0.25) is 0 Å². The van der Waals surface area contributed by atoms with Gasteiger partial charge in [-0.2, -0.15) is 0 Å². The van der Waals surface area contributed by atoms with Crippen LogP contribution >= 0.6 is 0 Å². The van der Waals surface area contributed by atoms with Gasteiger partial charge in [-0.1, -0.05) is 5.92 Å². The summed E-state index contributed by atoms with van der Waals surface area (Å²) < 4.78 is 5.30. The van der Waals surface area contributed by atoms with Crippen molar-refractivity contribution >= 4 is 17.9 Å². The van der Waals surface area contributed by atoms with Gasteiger partial charge in [0.15, 0.2) is 12.4 Å². The molecule has 1 rings (SSSR count). The van der Waals surface area contributed by atoms with Crippen LogP contribution in [0.25, 0.3) is 0 Å². The fraction of sp³-hybridized carbons (Fsp3) is 0.231. The number of carbonyl (C=O) groups is 2. The molecule has 0 fully saturated rings. The van der Waals surface area contributed by atoms with Crippen molar-refractivity contribution in [1.82, 2.24) is 5.32 Å². The molecule has 104 valence electrons. The van der Waals surface area contributed by atoms with Gasteiger partial charge in [-0.05, 0) is 13.0 Å². The monoisotopic (exact) mass is 276 g/mol. The summed E-state index contributed by atoms with van der Waals surface area (Å²) in [6.45, 7) is 1.54. The molecule has 0 heterocycles. The normalized spacial score (nSPS) is 11.0. The highest BCUT2D eigenvalue weighted by molar-refractivity contribution is 5.83. The first-order valence-corrected chi connectivity index (χ1v) is 5.61. The minimum atomic E-state index is -0.886. The number of hydrogen-bond acceptors (Lipinski definition) is 5. The van der Waals surface area contributed by atoms with E-state index in [-0.39, 0.29) is 23.5 Å². The Morgan fingerprint density at radius 1 is 1.65 bits per heavy atom. The quantitative estimate of drug-likeness (QED) is 0.360. The minimum Gasteiger partial charge on any atom is -0.480 e. The van der Waals surface area contributed by atoms with E-state index < -0.39 is 16.9 Å². The number of amides is 1. The maximum Gasteiger partial charge on any atom is 0.270 e. The first-order valence-electron chi connectivity index (χ1n) is 5.61. The minimum absolute atomic E-state index is 0.00389. The molecule has 0 aliphatic carbocycles. The Hall–Kier alpha value is -2.88. The zero-order chi connectivity index (χ0) is 15.1. The Kier molecular flexibility index (Phi) is 5.23. The van der Waals surface area contributed by atoms with Gasteiger partial charge in [-0.3, -0.25) is 19.7 Å². The second kappa shape index (κ2) is 6.89. The van der Waals surface area contributed by atoms with Gasteiger partial charge in [-0.25, -0.2) is 0 Å². The number of benzene rings is 1. The van der Waals surface area contributed by atoms with Crippen LogP contribution in [0.3, 0.4) is 0 Å².